The van der Waals surface area contributed by atoms with E-state index in [-0.39, 0.29) is 30.8 Å². The predicted octanol–water partition coefficient (Wildman–Crippen LogP) is -0.136. The van der Waals surface area contributed by atoms with Crippen molar-refractivity contribution >= 4 is 11.9 Å². The molecule has 0 radical (unpaired) electrons. The number of carbonyl (C=O) groups is 2. The van der Waals surface area contributed by atoms with Crippen LogP contribution in [-0.4, -0.2) is 93.6 Å². The number of esters is 2. The fourth-order valence-corrected chi connectivity index (χ4v) is 6.73. The SMILES string of the molecule is COC(=O)C1=C2CC[C@@]3(O)C(=O)O[C@H](c4ccoc4)C[C@@]3(C)[C@@H]2CC[C@H]1O[C@@H]1O[C@H](CO)[C@@H](O)[C@H](O)[C@H]1O. The van der Waals surface area contributed by atoms with Gasteiger partial charge >= 0.3 is 11.9 Å². The van der Waals surface area contributed by atoms with Crippen molar-refractivity contribution in [1.29, 1.82) is 0 Å². The summed E-state index contributed by atoms with van der Waals surface area (Å²) in [6.07, 6.45) is -4.73. The third-order valence-electron chi connectivity index (χ3n) is 8.94. The summed E-state index contributed by atoms with van der Waals surface area (Å²) < 4.78 is 27.4. The van der Waals surface area contributed by atoms with Crippen molar-refractivity contribution < 1.29 is 58.5 Å². The number of aliphatic hydroxyl groups is 5. The lowest BCUT2D eigenvalue weighted by molar-refractivity contribution is -0.309. The molecule has 0 amide bonds. The number of furan rings is 1. The van der Waals surface area contributed by atoms with E-state index in [9.17, 15) is 35.1 Å². The maximum absolute atomic E-state index is 13.1. The van der Waals surface area contributed by atoms with E-state index in [4.69, 9.17) is 23.4 Å². The first-order chi connectivity index (χ1) is 18.1. The van der Waals surface area contributed by atoms with E-state index in [0.29, 0.717) is 24.0 Å². The number of carbonyl (C=O) groups excluding carboxylic acids is 2. The lowest BCUT2D eigenvalue weighted by atomic mass is 9.50. The lowest BCUT2D eigenvalue weighted by Gasteiger charge is -2.57. The van der Waals surface area contributed by atoms with Crippen LogP contribution in [0.1, 0.15) is 50.7 Å². The summed E-state index contributed by atoms with van der Waals surface area (Å²) in [6, 6.07) is 1.70. The van der Waals surface area contributed by atoms with Gasteiger partial charge in [-0.2, -0.15) is 0 Å². The maximum atomic E-state index is 13.1. The van der Waals surface area contributed by atoms with Crippen LogP contribution in [0.2, 0.25) is 0 Å². The van der Waals surface area contributed by atoms with E-state index >= 15 is 0 Å². The molecule has 0 bridgehead atoms. The van der Waals surface area contributed by atoms with Crippen molar-refractivity contribution in [3.63, 3.8) is 0 Å². The van der Waals surface area contributed by atoms with Crippen molar-refractivity contribution in [1.82, 2.24) is 0 Å². The molecular formula is C26H34O12. The third kappa shape index (κ3) is 4.10. The molecule has 0 spiro atoms. The van der Waals surface area contributed by atoms with Crippen molar-refractivity contribution in [2.24, 2.45) is 11.3 Å². The van der Waals surface area contributed by atoms with E-state index in [2.05, 4.69) is 0 Å². The summed E-state index contributed by atoms with van der Waals surface area (Å²) in [6.45, 7) is 1.21. The largest absolute Gasteiger partial charge is 0.472 e. The van der Waals surface area contributed by atoms with E-state index in [1.54, 1.807) is 6.07 Å². The first kappa shape index (κ1) is 27.3. The first-order valence-corrected chi connectivity index (χ1v) is 12.8. The highest BCUT2D eigenvalue weighted by Gasteiger charge is 2.65. The number of rotatable bonds is 5. The van der Waals surface area contributed by atoms with Crippen LogP contribution in [0.4, 0.5) is 0 Å². The van der Waals surface area contributed by atoms with Gasteiger partial charge in [0, 0.05) is 11.0 Å². The fraction of sp³-hybridized carbons (Fsp3) is 0.692. The van der Waals surface area contributed by atoms with E-state index in [0.717, 1.165) is 0 Å². The summed E-state index contributed by atoms with van der Waals surface area (Å²) in [5.41, 5.74) is -1.17. The second kappa shape index (κ2) is 10.0. The van der Waals surface area contributed by atoms with Gasteiger partial charge in [-0.25, -0.2) is 9.59 Å². The molecule has 2 aliphatic carbocycles. The van der Waals surface area contributed by atoms with Crippen LogP contribution in [-0.2, 0) is 28.5 Å². The molecule has 12 nitrogen and oxygen atoms in total. The van der Waals surface area contributed by atoms with Gasteiger partial charge in [-0.3, -0.25) is 0 Å². The molecule has 1 saturated carbocycles. The van der Waals surface area contributed by atoms with Crippen molar-refractivity contribution in [3.05, 3.63) is 35.3 Å². The van der Waals surface area contributed by atoms with Crippen LogP contribution in [0, 0.1) is 11.3 Å². The van der Waals surface area contributed by atoms with E-state index < -0.39 is 72.5 Å². The molecule has 38 heavy (non-hydrogen) atoms. The molecule has 1 aromatic rings. The molecule has 2 saturated heterocycles. The van der Waals surface area contributed by atoms with Gasteiger partial charge in [-0.1, -0.05) is 12.5 Å². The first-order valence-electron chi connectivity index (χ1n) is 12.8. The van der Waals surface area contributed by atoms with Crippen LogP contribution in [0.15, 0.2) is 34.2 Å². The molecule has 5 N–H and O–H groups in total. The van der Waals surface area contributed by atoms with E-state index in [1.165, 1.54) is 19.6 Å². The number of ether oxygens (including phenoxy) is 4. The Labute approximate surface area is 218 Å². The molecule has 0 unspecified atom stereocenters. The number of cyclic esters (lactones) is 1. The normalized spacial score (nSPS) is 43.2. The van der Waals surface area contributed by atoms with Gasteiger partial charge in [-0.05, 0) is 44.1 Å². The summed E-state index contributed by atoms with van der Waals surface area (Å²) >= 11 is 0. The van der Waals surface area contributed by atoms with Gasteiger partial charge in [0.2, 0.25) is 0 Å². The number of methoxy groups -OCH3 is 1. The summed E-state index contributed by atoms with van der Waals surface area (Å²) in [5, 5.41) is 51.9. The van der Waals surface area contributed by atoms with Gasteiger partial charge < -0.3 is 48.9 Å². The van der Waals surface area contributed by atoms with Crippen molar-refractivity contribution in [2.45, 2.75) is 87.5 Å². The fourth-order valence-electron chi connectivity index (χ4n) is 6.73. The highest BCUT2D eigenvalue weighted by molar-refractivity contribution is 5.91. The molecule has 0 aromatic carbocycles. The minimum atomic E-state index is -1.76. The highest BCUT2D eigenvalue weighted by atomic mass is 16.7. The van der Waals surface area contributed by atoms with Gasteiger partial charge in [0.25, 0.3) is 0 Å². The lowest BCUT2D eigenvalue weighted by Crippen LogP contribution is -2.64. The van der Waals surface area contributed by atoms with Gasteiger partial charge in [0.15, 0.2) is 11.9 Å². The van der Waals surface area contributed by atoms with Crippen LogP contribution < -0.4 is 0 Å². The van der Waals surface area contributed by atoms with Gasteiger partial charge in [0.1, 0.15) is 30.5 Å². The Balaban J connectivity index is 1.49. The summed E-state index contributed by atoms with van der Waals surface area (Å²) in [7, 11) is 1.23. The maximum Gasteiger partial charge on any atom is 0.339 e. The molecule has 5 rings (SSSR count). The van der Waals surface area contributed by atoms with Crippen molar-refractivity contribution in [3.8, 4) is 0 Å². The summed E-state index contributed by atoms with van der Waals surface area (Å²) in [5.74, 6) is -1.75. The minimum Gasteiger partial charge on any atom is -0.472 e. The Morgan fingerprint density at radius 1 is 1.18 bits per heavy atom. The molecule has 2 aliphatic heterocycles. The Bertz CT molecular complexity index is 1080. The molecule has 4 aliphatic rings. The van der Waals surface area contributed by atoms with Gasteiger partial charge in [-0.15, -0.1) is 0 Å². The summed E-state index contributed by atoms with van der Waals surface area (Å²) in [4.78, 5) is 26.2. The smallest absolute Gasteiger partial charge is 0.339 e. The Morgan fingerprint density at radius 2 is 1.95 bits per heavy atom. The quantitative estimate of drug-likeness (QED) is 0.313. The monoisotopic (exact) mass is 538 g/mol. The standard InChI is InChI=1S/C26H34O12/c1-25-9-16(12-6-8-35-11-12)38-24(32)26(25,33)7-5-13-14(25)3-4-15(18(13)22(31)34-2)36-23-21(30)20(29)19(28)17(10-27)37-23/h6,8,11,14-17,19-21,23,27-30,33H,3-5,7,9-10H2,1-2H3/t14-,15-,16+,17-,19-,20+,21-,23-,25+,26-/m1/s1. The molecule has 12 heteroatoms. The number of hydrogen-bond acceptors (Lipinski definition) is 12. The zero-order chi connectivity index (χ0) is 27.4. The molecule has 10 atom stereocenters. The van der Waals surface area contributed by atoms with Crippen LogP contribution in [0.25, 0.3) is 0 Å². The third-order valence-corrected chi connectivity index (χ3v) is 8.94. The van der Waals surface area contributed by atoms with Crippen molar-refractivity contribution in [2.75, 3.05) is 13.7 Å². The van der Waals surface area contributed by atoms with Gasteiger partial charge in [0.05, 0.1) is 37.9 Å². The predicted molar refractivity (Wildman–Crippen MR) is 125 cm³/mol. The average molecular weight is 539 g/mol. The molecular weight excluding hydrogens is 504 g/mol. The number of allylic oxidation sites excluding steroid dienone is 1. The molecule has 3 heterocycles. The average Bonchev–Trinajstić information content (AvgIpc) is 3.45. The molecule has 3 fully saturated rings. The number of hydrogen-bond donors (Lipinski definition) is 5. The van der Waals surface area contributed by atoms with Crippen LogP contribution >= 0.6 is 0 Å². The number of aliphatic hydroxyl groups excluding tert-OH is 4. The minimum absolute atomic E-state index is 0.0273. The zero-order valence-electron chi connectivity index (χ0n) is 21.2. The van der Waals surface area contributed by atoms with E-state index in [1.807, 2.05) is 6.92 Å². The van der Waals surface area contributed by atoms with Crippen LogP contribution in [0.5, 0.6) is 0 Å². The second-order valence-electron chi connectivity index (χ2n) is 10.8. The molecule has 210 valence electrons. The van der Waals surface area contributed by atoms with Crippen LogP contribution in [0.3, 0.4) is 0 Å². The zero-order valence-corrected chi connectivity index (χ0v) is 21.2. The Morgan fingerprint density at radius 3 is 2.61 bits per heavy atom. The highest BCUT2D eigenvalue weighted by Crippen LogP contribution is 2.61. The number of fused-ring (bicyclic) bond motifs is 3. The topological polar surface area (TPSA) is 185 Å². The molecule has 1 aromatic heterocycles. The Hall–Kier alpha value is -2.32. The second-order valence-corrected chi connectivity index (χ2v) is 10.8. The Kier molecular flexibility index (Phi) is 7.18.